The van der Waals surface area contributed by atoms with Crippen LogP contribution < -0.4 is 5.32 Å². The molecule has 1 aromatic heterocycles. The Morgan fingerprint density at radius 3 is 2.11 bits per heavy atom. The van der Waals surface area contributed by atoms with Gasteiger partial charge >= 0.3 is 0 Å². The number of nitrogens with zero attached hydrogens (tertiary/aromatic N) is 2. The van der Waals surface area contributed by atoms with Gasteiger partial charge in [-0.25, -0.2) is 23.1 Å². The molecule has 3 nitrogen and oxygen atoms in total. The highest BCUT2D eigenvalue weighted by molar-refractivity contribution is 5.68. The molecule has 0 unspecified atom stereocenters. The molecule has 2 rings (SSSR count). The molecular formula is C13H12F3N3. The minimum Gasteiger partial charge on any atom is -0.373 e. The van der Waals surface area contributed by atoms with Gasteiger partial charge in [-0.15, -0.1) is 0 Å². The predicted octanol–water partition coefficient (Wildman–Crippen LogP) is 3.22. The highest BCUT2D eigenvalue weighted by Gasteiger charge is 2.16. The Bertz CT molecular complexity index is 618. The van der Waals surface area contributed by atoms with E-state index in [1.165, 1.54) is 0 Å². The van der Waals surface area contributed by atoms with Crippen molar-refractivity contribution in [3.63, 3.8) is 0 Å². The van der Waals surface area contributed by atoms with Gasteiger partial charge < -0.3 is 5.32 Å². The maximum Gasteiger partial charge on any atom is 0.194 e. The first-order chi connectivity index (χ1) is 8.93. The molecule has 0 aliphatic heterocycles. The highest BCUT2D eigenvalue weighted by Crippen LogP contribution is 2.27. The number of hydrogen-bond acceptors (Lipinski definition) is 3. The molecule has 6 heteroatoms. The minimum absolute atomic E-state index is 0.177. The molecule has 0 aliphatic carbocycles. The molecule has 19 heavy (non-hydrogen) atoms. The Morgan fingerprint density at radius 2 is 1.58 bits per heavy atom. The van der Waals surface area contributed by atoms with Gasteiger partial charge in [0.2, 0.25) is 0 Å². The molecule has 0 bridgehead atoms. The minimum atomic E-state index is -1.49. The molecule has 1 aromatic carbocycles. The van der Waals surface area contributed by atoms with Gasteiger partial charge in [0.05, 0.1) is 5.69 Å². The normalized spacial score (nSPS) is 10.6. The highest BCUT2D eigenvalue weighted by atomic mass is 19.2. The molecule has 2 aromatic rings. The molecule has 0 spiro atoms. The zero-order valence-corrected chi connectivity index (χ0v) is 10.7. The summed E-state index contributed by atoms with van der Waals surface area (Å²) in [5.41, 5.74) is 1.18. The topological polar surface area (TPSA) is 37.8 Å². The van der Waals surface area contributed by atoms with Crippen molar-refractivity contribution in [2.24, 2.45) is 0 Å². The number of anilines is 1. The average molecular weight is 267 g/mol. The van der Waals surface area contributed by atoms with Gasteiger partial charge in [-0.05, 0) is 26.0 Å². The van der Waals surface area contributed by atoms with Crippen molar-refractivity contribution in [1.29, 1.82) is 0 Å². The van der Waals surface area contributed by atoms with Crippen LogP contribution in [0, 0.1) is 31.3 Å². The number of halogens is 3. The number of benzene rings is 1. The fraction of sp³-hybridized carbons (Fsp3) is 0.231. The van der Waals surface area contributed by atoms with Crippen LogP contribution in [0.2, 0.25) is 0 Å². The maximum atomic E-state index is 13.3. The first-order valence-electron chi connectivity index (χ1n) is 5.62. The van der Waals surface area contributed by atoms with Crippen molar-refractivity contribution < 1.29 is 13.2 Å². The summed E-state index contributed by atoms with van der Waals surface area (Å²) in [6.45, 7) is 3.39. The number of aromatic nitrogens is 2. The smallest absolute Gasteiger partial charge is 0.194 e. The molecule has 0 radical (unpaired) electrons. The van der Waals surface area contributed by atoms with Gasteiger partial charge in [0.15, 0.2) is 17.5 Å². The SMILES string of the molecule is CNc1nc(C)nc(-c2cc(F)c(F)c(F)c2)c1C. The maximum absolute atomic E-state index is 13.3. The summed E-state index contributed by atoms with van der Waals surface area (Å²) < 4.78 is 39.5. The lowest BCUT2D eigenvalue weighted by Crippen LogP contribution is -2.03. The van der Waals surface area contributed by atoms with Crippen molar-refractivity contribution >= 4 is 5.82 Å². The van der Waals surface area contributed by atoms with E-state index in [-0.39, 0.29) is 5.56 Å². The van der Waals surface area contributed by atoms with Gasteiger partial charge in [-0.3, -0.25) is 0 Å². The summed E-state index contributed by atoms with van der Waals surface area (Å²) in [6, 6.07) is 1.85. The Labute approximate surface area is 108 Å². The zero-order valence-electron chi connectivity index (χ0n) is 10.7. The standard InChI is InChI=1S/C13H12F3N3/c1-6-12(18-7(2)19-13(6)17-3)8-4-9(14)11(16)10(15)5-8/h4-5H,1-3H3,(H,17,18,19). The summed E-state index contributed by atoms with van der Waals surface area (Å²) in [7, 11) is 1.68. The molecule has 0 saturated carbocycles. The van der Waals surface area contributed by atoms with Crippen LogP contribution in [-0.2, 0) is 0 Å². The Hall–Kier alpha value is -2.11. The third kappa shape index (κ3) is 2.38. The van der Waals surface area contributed by atoms with Crippen molar-refractivity contribution in [2.45, 2.75) is 13.8 Å². The van der Waals surface area contributed by atoms with Crippen LogP contribution >= 0.6 is 0 Å². The Morgan fingerprint density at radius 1 is 1.00 bits per heavy atom. The molecule has 0 saturated heterocycles. The molecule has 1 heterocycles. The molecular weight excluding hydrogens is 255 g/mol. The summed E-state index contributed by atoms with van der Waals surface area (Å²) >= 11 is 0. The van der Waals surface area contributed by atoms with Crippen molar-refractivity contribution in [3.8, 4) is 11.3 Å². The Kier molecular flexibility index (Phi) is 3.42. The van der Waals surface area contributed by atoms with Crippen LogP contribution in [0.3, 0.4) is 0 Å². The second-order valence-electron chi connectivity index (χ2n) is 4.10. The number of hydrogen-bond donors (Lipinski definition) is 1. The lowest BCUT2D eigenvalue weighted by molar-refractivity contribution is 0.447. The van der Waals surface area contributed by atoms with Gasteiger partial charge in [0.1, 0.15) is 11.6 Å². The monoisotopic (exact) mass is 267 g/mol. The van der Waals surface area contributed by atoms with E-state index < -0.39 is 17.5 Å². The summed E-state index contributed by atoms with van der Waals surface area (Å²) in [5, 5.41) is 2.87. The molecule has 1 N–H and O–H groups in total. The van der Waals surface area contributed by atoms with Gasteiger partial charge in [0.25, 0.3) is 0 Å². The quantitative estimate of drug-likeness (QED) is 0.849. The Balaban J connectivity index is 2.68. The van der Waals surface area contributed by atoms with Gasteiger partial charge in [-0.2, -0.15) is 0 Å². The molecule has 0 amide bonds. The molecule has 0 fully saturated rings. The first-order valence-corrected chi connectivity index (χ1v) is 5.62. The fourth-order valence-corrected chi connectivity index (χ4v) is 1.85. The van der Waals surface area contributed by atoms with E-state index in [1.54, 1.807) is 20.9 Å². The van der Waals surface area contributed by atoms with E-state index in [2.05, 4.69) is 15.3 Å². The average Bonchev–Trinajstić information content (AvgIpc) is 2.37. The fourth-order valence-electron chi connectivity index (χ4n) is 1.85. The van der Waals surface area contributed by atoms with E-state index in [0.717, 1.165) is 12.1 Å². The van der Waals surface area contributed by atoms with Crippen molar-refractivity contribution in [3.05, 3.63) is 41.0 Å². The first kappa shape index (κ1) is 13.3. The lowest BCUT2D eigenvalue weighted by Gasteiger charge is -2.11. The van der Waals surface area contributed by atoms with Crippen LogP contribution in [0.1, 0.15) is 11.4 Å². The van der Waals surface area contributed by atoms with Crippen LogP contribution in [0.15, 0.2) is 12.1 Å². The van der Waals surface area contributed by atoms with E-state index in [9.17, 15) is 13.2 Å². The van der Waals surface area contributed by atoms with E-state index in [4.69, 9.17) is 0 Å². The number of nitrogens with one attached hydrogen (secondary N) is 1. The lowest BCUT2D eigenvalue weighted by atomic mass is 10.1. The number of aryl methyl sites for hydroxylation is 1. The van der Waals surface area contributed by atoms with Gasteiger partial charge in [0, 0.05) is 18.2 Å². The predicted molar refractivity (Wildman–Crippen MR) is 66.4 cm³/mol. The number of rotatable bonds is 2. The molecule has 0 aliphatic rings. The van der Waals surface area contributed by atoms with E-state index in [1.807, 2.05) is 0 Å². The second kappa shape index (κ2) is 4.87. The zero-order chi connectivity index (χ0) is 14.2. The van der Waals surface area contributed by atoms with Crippen LogP contribution in [-0.4, -0.2) is 17.0 Å². The van der Waals surface area contributed by atoms with Gasteiger partial charge in [-0.1, -0.05) is 0 Å². The summed E-state index contributed by atoms with van der Waals surface area (Å²) in [5.74, 6) is -2.95. The van der Waals surface area contributed by atoms with E-state index >= 15 is 0 Å². The van der Waals surface area contributed by atoms with Crippen molar-refractivity contribution in [2.75, 3.05) is 12.4 Å². The summed E-state index contributed by atoms with van der Waals surface area (Å²) in [4.78, 5) is 8.31. The van der Waals surface area contributed by atoms with Crippen LogP contribution in [0.25, 0.3) is 11.3 Å². The third-order valence-corrected chi connectivity index (χ3v) is 2.75. The van der Waals surface area contributed by atoms with Crippen LogP contribution in [0.5, 0.6) is 0 Å². The van der Waals surface area contributed by atoms with Crippen molar-refractivity contribution in [1.82, 2.24) is 9.97 Å². The second-order valence-corrected chi connectivity index (χ2v) is 4.10. The molecule has 0 atom stereocenters. The third-order valence-electron chi connectivity index (χ3n) is 2.75. The summed E-state index contributed by atoms with van der Waals surface area (Å²) in [6.07, 6.45) is 0. The molecule has 100 valence electrons. The van der Waals surface area contributed by atoms with Crippen LogP contribution in [0.4, 0.5) is 19.0 Å². The largest absolute Gasteiger partial charge is 0.373 e. The van der Waals surface area contributed by atoms with E-state index in [0.29, 0.717) is 22.9 Å².